The quantitative estimate of drug-likeness (QED) is 0.354. The number of hydrogen-bond donors (Lipinski definition) is 1. The largest absolute Gasteiger partial charge is 0.479 e. The summed E-state index contributed by atoms with van der Waals surface area (Å²) in [5.74, 6) is -1.01. The maximum Gasteiger partial charge on any atom is 0.337 e. The number of hydrogen-bond acceptors (Lipinski definition) is 3. The molecular weight excluding hydrogens is 436 g/mol. The van der Waals surface area contributed by atoms with E-state index in [1.54, 1.807) is 6.33 Å². The maximum absolute atomic E-state index is 12.1. The molecule has 33 heavy (non-hydrogen) atoms. The lowest BCUT2D eigenvalue weighted by Gasteiger charge is -2.26. The minimum Gasteiger partial charge on any atom is -0.479 e. The van der Waals surface area contributed by atoms with E-state index in [0.29, 0.717) is 10.6 Å². The number of aryl methyl sites for hydroxylation is 2. The van der Waals surface area contributed by atoms with Crippen LogP contribution in [0.4, 0.5) is 0 Å². The van der Waals surface area contributed by atoms with Gasteiger partial charge >= 0.3 is 5.97 Å². The number of carboxylic acid groups (broad SMARTS) is 1. The Labute approximate surface area is 198 Å². The number of carbonyl (C=O) groups is 1. The normalized spacial score (nSPS) is 12.8. The fraction of sp³-hybridized carbons (Fsp3) is 0.259. The van der Waals surface area contributed by atoms with E-state index in [9.17, 15) is 9.90 Å². The number of halogens is 1. The van der Waals surface area contributed by atoms with Crippen LogP contribution in [0.15, 0.2) is 61.1 Å². The predicted molar refractivity (Wildman–Crippen MR) is 133 cm³/mol. The molecule has 0 unspecified atom stereocenters. The van der Waals surface area contributed by atoms with Crippen LogP contribution in [0.1, 0.15) is 38.0 Å². The first-order valence-corrected chi connectivity index (χ1v) is 11.1. The minimum absolute atomic E-state index is 0.605. The third kappa shape index (κ3) is 4.95. The van der Waals surface area contributed by atoms with Gasteiger partial charge in [-0.2, -0.15) is 0 Å². The summed E-state index contributed by atoms with van der Waals surface area (Å²) >= 11 is 6.14. The monoisotopic (exact) mass is 462 g/mol. The number of aromatic nitrogens is 2. The van der Waals surface area contributed by atoms with E-state index in [1.165, 1.54) is 0 Å². The summed E-state index contributed by atoms with van der Waals surface area (Å²) in [5, 5.41) is 12.6. The Hall–Kier alpha value is -3.15. The Bertz CT molecular complexity index is 1330. The average molecular weight is 463 g/mol. The van der Waals surface area contributed by atoms with Gasteiger partial charge in [-0.1, -0.05) is 29.8 Å². The summed E-state index contributed by atoms with van der Waals surface area (Å²) in [6.07, 6.45) is 2.69. The molecule has 0 bridgehead atoms. The van der Waals surface area contributed by atoms with Crippen molar-refractivity contribution < 1.29 is 14.6 Å². The van der Waals surface area contributed by atoms with Crippen molar-refractivity contribution in [1.82, 2.24) is 9.55 Å². The molecule has 0 aliphatic carbocycles. The van der Waals surface area contributed by atoms with Gasteiger partial charge in [-0.15, -0.1) is 0 Å². The molecule has 0 aliphatic rings. The molecule has 0 saturated heterocycles. The van der Waals surface area contributed by atoms with Crippen LogP contribution in [-0.4, -0.2) is 26.2 Å². The predicted octanol–water partition coefficient (Wildman–Crippen LogP) is 6.81. The van der Waals surface area contributed by atoms with Crippen LogP contribution in [0, 0.1) is 6.92 Å². The van der Waals surface area contributed by atoms with Crippen LogP contribution < -0.4 is 0 Å². The number of ether oxygens (including phenoxy) is 1. The van der Waals surface area contributed by atoms with Crippen molar-refractivity contribution in [3.8, 4) is 22.4 Å². The second-order valence-corrected chi connectivity index (χ2v) is 9.77. The van der Waals surface area contributed by atoms with Gasteiger partial charge < -0.3 is 14.4 Å². The zero-order chi connectivity index (χ0) is 23.9. The highest BCUT2D eigenvalue weighted by Crippen LogP contribution is 2.38. The third-order valence-electron chi connectivity index (χ3n) is 5.47. The summed E-state index contributed by atoms with van der Waals surface area (Å²) in [6.45, 7) is 7.50. The molecule has 0 amide bonds. The Kier molecular flexibility index (Phi) is 6.04. The van der Waals surface area contributed by atoms with Gasteiger partial charge in [0.2, 0.25) is 0 Å². The summed E-state index contributed by atoms with van der Waals surface area (Å²) < 4.78 is 7.86. The van der Waals surface area contributed by atoms with Gasteiger partial charge in [0.1, 0.15) is 0 Å². The first-order valence-electron chi connectivity index (χ1n) is 10.7. The molecule has 170 valence electrons. The average Bonchev–Trinajstić information content (AvgIpc) is 3.17. The van der Waals surface area contributed by atoms with Crippen molar-refractivity contribution in [3.05, 3.63) is 77.2 Å². The van der Waals surface area contributed by atoms with Crippen LogP contribution in [0.25, 0.3) is 33.2 Å². The van der Waals surface area contributed by atoms with Gasteiger partial charge in [0.15, 0.2) is 6.10 Å². The Morgan fingerprint density at radius 3 is 2.36 bits per heavy atom. The number of fused-ring (bicyclic) bond motifs is 1. The SMILES string of the molecule is Cc1cc2cc(-c3cn(C)cn3)cc(-c3ccc(Cl)cc3)c2cc1[C@H](OC(C)(C)C)C(=O)O. The lowest BCUT2D eigenvalue weighted by atomic mass is 9.90. The maximum atomic E-state index is 12.1. The molecule has 0 aliphatic heterocycles. The van der Waals surface area contributed by atoms with E-state index in [0.717, 1.165) is 38.7 Å². The number of carboxylic acids is 1. The van der Waals surface area contributed by atoms with Crippen LogP contribution in [0.3, 0.4) is 0 Å². The molecule has 1 aromatic heterocycles. The fourth-order valence-electron chi connectivity index (χ4n) is 4.00. The molecule has 1 heterocycles. The zero-order valence-electron chi connectivity index (χ0n) is 19.4. The first kappa shape index (κ1) is 23.0. The highest BCUT2D eigenvalue weighted by Gasteiger charge is 2.28. The topological polar surface area (TPSA) is 64.4 Å². The van der Waals surface area contributed by atoms with Crippen LogP contribution in [-0.2, 0) is 16.6 Å². The summed E-state index contributed by atoms with van der Waals surface area (Å²) in [6, 6.07) is 15.8. The van der Waals surface area contributed by atoms with Crippen molar-refractivity contribution in [2.45, 2.75) is 39.4 Å². The molecule has 1 N–H and O–H groups in total. The molecule has 4 aromatic rings. The molecule has 6 heteroatoms. The van der Waals surface area contributed by atoms with Crippen LogP contribution in [0.5, 0.6) is 0 Å². The fourth-order valence-corrected chi connectivity index (χ4v) is 4.13. The summed E-state index contributed by atoms with van der Waals surface area (Å²) in [4.78, 5) is 16.7. The molecular formula is C27H27ClN2O3. The van der Waals surface area contributed by atoms with Crippen LogP contribution >= 0.6 is 11.6 Å². The van der Waals surface area contributed by atoms with Crippen molar-refractivity contribution in [3.63, 3.8) is 0 Å². The molecule has 4 rings (SSSR count). The van der Waals surface area contributed by atoms with Gasteiger partial charge in [0.25, 0.3) is 0 Å². The standard InChI is InChI=1S/C27H27ClN2O3/c1-16-10-18-11-19(24-14-30(5)15-29-24)12-22(17-6-8-20(28)9-7-17)23(18)13-21(16)25(26(31)32)33-27(2,3)4/h6-15,25H,1-5H3,(H,31,32)/t25-/m0/s1. The van der Waals surface area contributed by atoms with Crippen molar-refractivity contribution in [2.24, 2.45) is 7.05 Å². The smallest absolute Gasteiger partial charge is 0.337 e. The van der Waals surface area contributed by atoms with Gasteiger partial charge in [0, 0.05) is 23.8 Å². The number of rotatable bonds is 5. The second kappa shape index (κ2) is 8.65. The Morgan fingerprint density at radius 2 is 1.79 bits per heavy atom. The number of nitrogens with zero attached hydrogens (tertiary/aromatic N) is 2. The summed E-state index contributed by atoms with van der Waals surface area (Å²) in [7, 11) is 1.94. The van der Waals surface area contributed by atoms with Gasteiger partial charge in [-0.3, -0.25) is 0 Å². The molecule has 0 spiro atoms. The second-order valence-electron chi connectivity index (χ2n) is 9.33. The number of benzene rings is 3. The van der Waals surface area contributed by atoms with Crippen molar-refractivity contribution in [1.29, 1.82) is 0 Å². The Morgan fingerprint density at radius 1 is 1.09 bits per heavy atom. The van der Waals surface area contributed by atoms with E-state index >= 15 is 0 Å². The minimum atomic E-state index is -1.07. The zero-order valence-corrected chi connectivity index (χ0v) is 20.1. The highest BCUT2D eigenvalue weighted by molar-refractivity contribution is 6.30. The third-order valence-corrected chi connectivity index (χ3v) is 5.73. The van der Waals surface area contributed by atoms with Gasteiger partial charge in [0.05, 0.1) is 17.6 Å². The lowest BCUT2D eigenvalue weighted by Crippen LogP contribution is -2.27. The molecule has 1 atom stereocenters. The highest BCUT2D eigenvalue weighted by atomic mass is 35.5. The molecule has 5 nitrogen and oxygen atoms in total. The van der Waals surface area contributed by atoms with Crippen molar-refractivity contribution >= 4 is 28.3 Å². The number of aliphatic carboxylic acids is 1. The van der Waals surface area contributed by atoms with E-state index in [2.05, 4.69) is 17.1 Å². The molecule has 0 saturated carbocycles. The Balaban J connectivity index is 1.98. The molecule has 3 aromatic carbocycles. The van der Waals surface area contributed by atoms with E-state index < -0.39 is 17.7 Å². The summed E-state index contributed by atoms with van der Waals surface area (Å²) in [5.41, 5.74) is 4.72. The van der Waals surface area contributed by atoms with Crippen molar-refractivity contribution in [2.75, 3.05) is 0 Å². The lowest BCUT2D eigenvalue weighted by molar-refractivity contribution is -0.160. The van der Waals surface area contributed by atoms with Crippen LogP contribution in [0.2, 0.25) is 5.02 Å². The number of imidazole rings is 1. The van der Waals surface area contributed by atoms with Gasteiger partial charge in [-0.05, 0) is 91.1 Å². The van der Waals surface area contributed by atoms with E-state index in [1.807, 2.05) is 81.9 Å². The van der Waals surface area contributed by atoms with Gasteiger partial charge in [-0.25, -0.2) is 9.78 Å². The van der Waals surface area contributed by atoms with E-state index in [-0.39, 0.29) is 0 Å². The first-order chi connectivity index (χ1) is 15.5. The molecule has 0 radical (unpaired) electrons. The van der Waals surface area contributed by atoms with E-state index in [4.69, 9.17) is 16.3 Å². The molecule has 0 fully saturated rings.